The van der Waals surface area contributed by atoms with Crippen LogP contribution >= 0.6 is 0 Å². The van der Waals surface area contributed by atoms with Crippen LogP contribution in [0.3, 0.4) is 0 Å². The first kappa shape index (κ1) is 6.74. The van der Waals surface area contributed by atoms with Crippen molar-refractivity contribution in [3.05, 3.63) is 12.7 Å². The lowest BCUT2D eigenvalue weighted by Gasteiger charge is -2.36. The van der Waals surface area contributed by atoms with Gasteiger partial charge < -0.3 is 0 Å². The first-order valence-corrected chi connectivity index (χ1v) is 3.05. The first-order chi connectivity index (χ1) is 4.36. The van der Waals surface area contributed by atoms with Crippen molar-refractivity contribution < 1.29 is 4.84 Å². The summed E-state index contributed by atoms with van der Waals surface area (Å²) in [4.78, 5) is 6.80. The highest BCUT2D eigenvalue weighted by molar-refractivity contribution is 4.84. The molecule has 1 saturated heterocycles. The Morgan fingerprint density at radius 2 is 2.44 bits per heavy atom. The van der Waals surface area contributed by atoms with Crippen LogP contribution in [0.5, 0.6) is 0 Å². The molecule has 1 heterocycles. The van der Waals surface area contributed by atoms with Crippen molar-refractivity contribution in [1.82, 2.24) is 4.90 Å². The summed E-state index contributed by atoms with van der Waals surface area (Å²) in [6, 6.07) is 0. The maximum atomic E-state index is 4.94. The van der Waals surface area contributed by atoms with E-state index in [-0.39, 0.29) is 6.10 Å². The normalized spacial score (nSPS) is 21.4. The van der Waals surface area contributed by atoms with Crippen LogP contribution in [0.1, 0.15) is 0 Å². The second kappa shape index (κ2) is 2.96. The molecule has 0 saturated carbocycles. The van der Waals surface area contributed by atoms with E-state index in [1.54, 1.807) is 0 Å². The van der Waals surface area contributed by atoms with Gasteiger partial charge in [0.25, 0.3) is 0 Å². The standard InChI is InChI=1S/C6H12N2O/c1-2-3-8-4-6(5-8)9-7/h2,6H,1,3-5,7H2. The first-order valence-electron chi connectivity index (χ1n) is 3.05. The minimum absolute atomic E-state index is 0.255. The lowest BCUT2D eigenvalue weighted by atomic mass is 10.2. The predicted molar refractivity (Wildman–Crippen MR) is 35.7 cm³/mol. The Bertz CT molecular complexity index is 99.2. The molecule has 3 nitrogen and oxygen atoms in total. The van der Waals surface area contributed by atoms with Crippen LogP contribution in [0.15, 0.2) is 12.7 Å². The molecule has 0 bridgehead atoms. The molecule has 0 atom stereocenters. The second-order valence-corrected chi connectivity index (χ2v) is 2.27. The summed E-state index contributed by atoms with van der Waals surface area (Å²) >= 11 is 0. The van der Waals surface area contributed by atoms with Gasteiger partial charge in [0, 0.05) is 19.6 Å². The highest BCUT2D eigenvalue weighted by Crippen LogP contribution is 2.08. The SMILES string of the molecule is C=CCN1CC(ON)C1. The zero-order valence-corrected chi connectivity index (χ0v) is 5.42. The molecule has 3 heteroatoms. The third kappa shape index (κ3) is 1.51. The van der Waals surface area contributed by atoms with E-state index in [1.165, 1.54) is 0 Å². The van der Waals surface area contributed by atoms with Crippen LogP contribution in [0, 0.1) is 0 Å². The van der Waals surface area contributed by atoms with Gasteiger partial charge >= 0.3 is 0 Å². The molecule has 1 aliphatic rings. The summed E-state index contributed by atoms with van der Waals surface area (Å²) in [7, 11) is 0. The number of likely N-dealkylation sites (tertiary alicyclic amines) is 1. The summed E-state index contributed by atoms with van der Waals surface area (Å²) < 4.78 is 0. The Kier molecular flexibility index (Phi) is 2.22. The fraction of sp³-hybridized carbons (Fsp3) is 0.667. The molecule has 52 valence electrons. The molecular weight excluding hydrogens is 116 g/mol. The maximum absolute atomic E-state index is 4.94. The topological polar surface area (TPSA) is 38.5 Å². The number of nitrogens with two attached hydrogens (primary N) is 1. The number of rotatable bonds is 3. The van der Waals surface area contributed by atoms with Crippen LogP contribution < -0.4 is 5.90 Å². The summed E-state index contributed by atoms with van der Waals surface area (Å²) in [6.07, 6.45) is 2.14. The van der Waals surface area contributed by atoms with Crippen LogP contribution in [-0.2, 0) is 4.84 Å². The summed E-state index contributed by atoms with van der Waals surface area (Å²) in [5.41, 5.74) is 0. The molecule has 0 spiro atoms. The quantitative estimate of drug-likeness (QED) is 0.420. The van der Waals surface area contributed by atoms with E-state index in [2.05, 4.69) is 16.3 Å². The molecule has 2 N–H and O–H groups in total. The number of hydrogen-bond donors (Lipinski definition) is 1. The van der Waals surface area contributed by atoms with Gasteiger partial charge in [-0.15, -0.1) is 6.58 Å². The summed E-state index contributed by atoms with van der Waals surface area (Å²) in [6.45, 7) is 6.46. The Morgan fingerprint density at radius 1 is 1.78 bits per heavy atom. The average molecular weight is 128 g/mol. The third-order valence-corrected chi connectivity index (χ3v) is 1.50. The lowest BCUT2D eigenvalue weighted by molar-refractivity contribution is -0.0510. The van der Waals surface area contributed by atoms with Crippen LogP contribution in [0.2, 0.25) is 0 Å². The zero-order valence-electron chi connectivity index (χ0n) is 5.42. The van der Waals surface area contributed by atoms with Gasteiger partial charge in [-0.1, -0.05) is 6.08 Å². The van der Waals surface area contributed by atoms with Gasteiger partial charge in [-0.3, -0.25) is 9.74 Å². The highest BCUT2D eigenvalue weighted by atomic mass is 16.6. The largest absolute Gasteiger partial charge is 0.299 e. The molecule has 1 rings (SSSR count). The molecule has 0 aromatic carbocycles. The minimum Gasteiger partial charge on any atom is -0.299 e. The summed E-state index contributed by atoms with van der Waals surface area (Å²) in [5, 5.41) is 0. The van der Waals surface area contributed by atoms with Crippen molar-refractivity contribution in [3.8, 4) is 0 Å². The molecule has 0 amide bonds. The van der Waals surface area contributed by atoms with Gasteiger partial charge in [0.2, 0.25) is 0 Å². The van der Waals surface area contributed by atoms with E-state index in [0.29, 0.717) is 0 Å². The van der Waals surface area contributed by atoms with Crippen molar-refractivity contribution >= 4 is 0 Å². The van der Waals surface area contributed by atoms with Crippen molar-refractivity contribution in [2.24, 2.45) is 5.90 Å². The molecule has 0 aromatic rings. The smallest absolute Gasteiger partial charge is 0.104 e. The number of hydrogen-bond acceptors (Lipinski definition) is 3. The van der Waals surface area contributed by atoms with Gasteiger partial charge in [0.1, 0.15) is 6.10 Å². The average Bonchev–Trinajstić information content (AvgIpc) is 1.77. The predicted octanol–water partition coefficient (Wildman–Crippen LogP) is -0.253. The Balaban J connectivity index is 2.04. The Hall–Kier alpha value is -0.380. The molecule has 9 heavy (non-hydrogen) atoms. The molecular formula is C6H12N2O. The molecule has 0 aliphatic carbocycles. The van der Waals surface area contributed by atoms with Gasteiger partial charge in [0.15, 0.2) is 0 Å². The molecule has 1 aliphatic heterocycles. The van der Waals surface area contributed by atoms with E-state index in [9.17, 15) is 0 Å². The van der Waals surface area contributed by atoms with Crippen molar-refractivity contribution in [1.29, 1.82) is 0 Å². The van der Waals surface area contributed by atoms with Crippen molar-refractivity contribution in [2.45, 2.75) is 6.10 Å². The second-order valence-electron chi connectivity index (χ2n) is 2.27. The van der Waals surface area contributed by atoms with Crippen LogP contribution in [0.4, 0.5) is 0 Å². The van der Waals surface area contributed by atoms with Crippen molar-refractivity contribution in [3.63, 3.8) is 0 Å². The fourth-order valence-electron chi connectivity index (χ4n) is 0.940. The molecule has 0 radical (unpaired) electrons. The Labute approximate surface area is 55.0 Å². The van der Waals surface area contributed by atoms with Gasteiger partial charge in [-0.05, 0) is 0 Å². The molecule has 0 aromatic heterocycles. The molecule has 1 fully saturated rings. The van der Waals surface area contributed by atoms with Crippen LogP contribution in [0.25, 0.3) is 0 Å². The molecule has 0 unspecified atom stereocenters. The maximum Gasteiger partial charge on any atom is 0.104 e. The van der Waals surface area contributed by atoms with E-state index in [4.69, 9.17) is 5.90 Å². The fourth-order valence-corrected chi connectivity index (χ4v) is 0.940. The van der Waals surface area contributed by atoms with E-state index >= 15 is 0 Å². The van der Waals surface area contributed by atoms with Gasteiger partial charge in [-0.2, -0.15) is 0 Å². The van der Waals surface area contributed by atoms with E-state index < -0.39 is 0 Å². The van der Waals surface area contributed by atoms with Gasteiger partial charge in [0.05, 0.1) is 0 Å². The summed E-state index contributed by atoms with van der Waals surface area (Å²) in [5.74, 6) is 4.94. The minimum atomic E-state index is 0.255. The van der Waals surface area contributed by atoms with E-state index in [0.717, 1.165) is 19.6 Å². The third-order valence-electron chi connectivity index (χ3n) is 1.50. The Morgan fingerprint density at radius 3 is 2.89 bits per heavy atom. The van der Waals surface area contributed by atoms with Crippen LogP contribution in [-0.4, -0.2) is 30.6 Å². The lowest BCUT2D eigenvalue weighted by Crippen LogP contribution is -2.52. The highest BCUT2D eigenvalue weighted by Gasteiger charge is 2.25. The zero-order chi connectivity index (χ0) is 6.69. The monoisotopic (exact) mass is 128 g/mol. The van der Waals surface area contributed by atoms with E-state index in [1.807, 2.05) is 6.08 Å². The van der Waals surface area contributed by atoms with Gasteiger partial charge in [-0.25, -0.2) is 5.90 Å². The number of nitrogens with zero attached hydrogens (tertiary/aromatic N) is 1. The van der Waals surface area contributed by atoms with Crippen molar-refractivity contribution in [2.75, 3.05) is 19.6 Å².